The van der Waals surface area contributed by atoms with Crippen molar-refractivity contribution in [3.63, 3.8) is 0 Å². The van der Waals surface area contributed by atoms with Gasteiger partial charge in [0.05, 0.1) is 17.3 Å². The molecule has 2 rings (SSSR count). The van der Waals surface area contributed by atoms with Gasteiger partial charge < -0.3 is 5.11 Å². The van der Waals surface area contributed by atoms with E-state index in [4.69, 9.17) is 11.6 Å². The maximum absolute atomic E-state index is 10.2. The summed E-state index contributed by atoms with van der Waals surface area (Å²) in [5.41, 5.74) is 1.43. The minimum atomic E-state index is -0.273. The first-order valence-electron chi connectivity index (χ1n) is 6.18. The topological polar surface area (TPSA) is 63.8 Å². The normalized spacial score (nSPS) is 14.3. The van der Waals surface area contributed by atoms with E-state index in [1.54, 1.807) is 29.1 Å². The molecule has 2 aromatic rings. The highest BCUT2D eigenvalue weighted by molar-refractivity contribution is 6.29. The van der Waals surface area contributed by atoms with Crippen molar-refractivity contribution in [2.45, 2.75) is 19.8 Å². The smallest absolute Gasteiger partial charge is 0.151 e. The summed E-state index contributed by atoms with van der Waals surface area (Å²) in [5.74, 6) is -0.0875. The molecule has 1 unspecified atom stereocenters. The third kappa shape index (κ3) is 3.24. The summed E-state index contributed by atoms with van der Waals surface area (Å²) in [4.78, 5) is 0. The largest absolute Gasteiger partial charge is 0.512 e. The third-order valence-corrected chi connectivity index (χ3v) is 3.10. The quantitative estimate of drug-likeness (QED) is 0.692. The van der Waals surface area contributed by atoms with E-state index in [1.165, 1.54) is 0 Å². The fourth-order valence-electron chi connectivity index (χ4n) is 1.69. The Morgan fingerprint density at radius 1 is 1.40 bits per heavy atom. The van der Waals surface area contributed by atoms with Gasteiger partial charge in [-0.3, -0.25) is 0 Å². The number of aliphatic hydroxyl groups is 1. The monoisotopic (exact) mass is 290 g/mol. The molecular weight excluding hydrogens is 276 g/mol. The second-order valence-electron chi connectivity index (χ2n) is 4.24. The predicted molar refractivity (Wildman–Crippen MR) is 78.3 cm³/mol. The highest BCUT2D eigenvalue weighted by Crippen LogP contribution is 2.22. The van der Waals surface area contributed by atoms with Crippen LogP contribution in [-0.2, 0) is 0 Å². The Kier molecular flexibility index (Phi) is 4.53. The van der Waals surface area contributed by atoms with Gasteiger partial charge >= 0.3 is 0 Å². The van der Waals surface area contributed by atoms with Gasteiger partial charge in [-0.05, 0) is 32.0 Å². The molecule has 1 N–H and O–H groups in total. The van der Waals surface area contributed by atoms with Crippen molar-refractivity contribution in [2.24, 2.45) is 0 Å². The number of aliphatic hydroxyl groups excluding tert-OH is 1. The number of hydrogen-bond acceptors (Lipinski definition) is 4. The first-order chi connectivity index (χ1) is 9.61. The molecule has 104 valence electrons. The van der Waals surface area contributed by atoms with Gasteiger partial charge in [-0.15, -0.1) is 5.10 Å². The Balaban J connectivity index is 2.23. The van der Waals surface area contributed by atoms with Gasteiger partial charge in [0.25, 0.3) is 0 Å². The molecule has 0 amide bonds. The van der Waals surface area contributed by atoms with Crippen molar-refractivity contribution in [3.8, 4) is 0 Å². The van der Waals surface area contributed by atoms with Gasteiger partial charge in [0.15, 0.2) is 5.15 Å². The average Bonchev–Trinajstić information content (AvgIpc) is 2.98. The fourth-order valence-corrected chi connectivity index (χ4v) is 1.79. The lowest BCUT2D eigenvalue weighted by Crippen LogP contribution is -2.04. The minimum Gasteiger partial charge on any atom is -0.512 e. The predicted octanol–water partition coefficient (Wildman–Crippen LogP) is 3.43. The van der Waals surface area contributed by atoms with Crippen molar-refractivity contribution in [1.82, 2.24) is 20.0 Å². The van der Waals surface area contributed by atoms with Gasteiger partial charge in [0.1, 0.15) is 5.76 Å². The Bertz CT molecular complexity index is 617. The number of rotatable bonds is 4. The molecule has 0 bridgehead atoms. The zero-order chi connectivity index (χ0) is 14.5. The van der Waals surface area contributed by atoms with E-state index in [2.05, 4.69) is 15.3 Å². The summed E-state index contributed by atoms with van der Waals surface area (Å²) in [6.07, 6.45) is 7.02. The molecule has 0 spiro atoms. The second kappa shape index (κ2) is 6.34. The first-order valence-corrected chi connectivity index (χ1v) is 6.55. The maximum atomic E-state index is 10.2. The Labute approximate surface area is 122 Å². The lowest BCUT2D eigenvalue weighted by molar-refractivity contribution is 0.372. The Morgan fingerprint density at radius 3 is 2.75 bits per heavy atom. The van der Waals surface area contributed by atoms with Crippen LogP contribution in [-0.4, -0.2) is 25.1 Å². The van der Waals surface area contributed by atoms with E-state index < -0.39 is 0 Å². The van der Waals surface area contributed by atoms with Crippen molar-refractivity contribution < 1.29 is 5.11 Å². The number of nitrogens with zero attached hydrogens (tertiary/aromatic N) is 4. The molecule has 0 aromatic carbocycles. The maximum Gasteiger partial charge on any atom is 0.151 e. The number of allylic oxidation sites excluding steroid dienone is 4. The van der Waals surface area contributed by atoms with Crippen LogP contribution in [0, 0.1) is 0 Å². The molecule has 1 atom stereocenters. The molecule has 0 aliphatic heterocycles. The van der Waals surface area contributed by atoms with Crippen LogP contribution in [0.4, 0.5) is 0 Å². The molecular formula is C14H15ClN4O. The molecule has 0 radical (unpaired) electrons. The molecule has 0 saturated carbocycles. The molecule has 5 nitrogen and oxygen atoms in total. The molecule has 0 aliphatic carbocycles. The van der Waals surface area contributed by atoms with E-state index in [1.807, 2.05) is 32.2 Å². The van der Waals surface area contributed by atoms with Crippen LogP contribution in [0.2, 0.25) is 5.15 Å². The van der Waals surface area contributed by atoms with Gasteiger partial charge in [-0.25, -0.2) is 4.68 Å². The van der Waals surface area contributed by atoms with Gasteiger partial charge in [0.2, 0.25) is 0 Å². The van der Waals surface area contributed by atoms with Crippen molar-refractivity contribution in [3.05, 3.63) is 59.4 Å². The number of hydrogen-bond donors (Lipinski definition) is 1. The van der Waals surface area contributed by atoms with Crippen LogP contribution in [0.15, 0.2) is 48.5 Å². The van der Waals surface area contributed by atoms with Crippen molar-refractivity contribution in [1.29, 1.82) is 0 Å². The molecule has 2 heterocycles. The summed E-state index contributed by atoms with van der Waals surface area (Å²) in [6.45, 7) is 3.73. The Morgan fingerprint density at radius 2 is 2.20 bits per heavy atom. The zero-order valence-corrected chi connectivity index (χ0v) is 12.0. The lowest BCUT2D eigenvalue weighted by atomic mass is 10.0. The summed E-state index contributed by atoms with van der Waals surface area (Å²) in [7, 11) is 0. The molecule has 0 aliphatic rings. The van der Waals surface area contributed by atoms with Gasteiger partial charge in [-0.2, -0.15) is 10.2 Å². The van der Waals surface area contributed by atoms with Crippen LogP contribution in [0.5, 0.6) is 0 Å². The number of halogens is 1. The van der Waals surface area contributed by atoms with Crippen LogP contribution in [0.25, 0.3) is 5.70 Å². The van der Waals surface area contributed by atoms with Gasteiger partial charge in [-0.1, -0.05) is 17.7 Å². The minimum absolute atomic E-state index is 0.185. The molecule has 0 fully saturated rings. The SMILES string of the molecule is C/C=C(\C=C(\O)C(C)c1ccc(Cl)nn1)n1cccn1. The van der Waals surface area contributed by atoms with Crippen LogP contribution in [0.3, 0.4) is 0 Å². The first kappa shape index (κ1) is 14.3. The third-order valence-electron chi connectivity index (χ3n) is 2.90. The highest BCUT2D eigenvalue weighted by atomic mass is 35.5. The summed E-state index contributed by atoms with van der Waals surface area (Å²) in [5, 5.41) is 22.4. The molecule has 6 heteroatoms. The van der Waals surface area contributed by atoms with Crippen molar-refractivity contribution >= 4 is 17.3 Å². The molecule has 0 saturated heterocycles. The number of aromatic nitrogens is 4. The Hall–Kier alpha value is -2.14. The molecule has 20 heavy (non-hydrogen) atoms. The average molecular weight is 291 g/mol. The highest BCUT2D eigenvalue weighted by Gasteiger charge is 2.13. The van der Waals surface area contributed by atoms with Crippen LogP contribution < -0.4 is 0 Å². The van der Waals surface area contributed by atoms with Crippen LogP contribution in [0.1, 0.15) is 25.5 Å². The molecule has 2 aromatic heterocycles. The summed E-state index contributed by atoms with van der Waals surface area (Å²) >= 11 is 5.70. The second-order valence-corrected chi connectivity index (χ2v) is 4.62. The van der Waals surface area contributed by atoms with Crippen molar-refractivity contribution in [2.75, 3.05) is 0 Å². The van der Waals surface area contributed by atoms with E-state index in [9.17, 15) is 5.11 Å². The van der Waals surface area contributed by atoms with E-state index in [0.717, 1.165) is 5.70 Å². The van der Waals surface area contributed by atoms with E-state index in [-0.39, 0.29) is 11.7 Å². The summed E-state index contributed by atoms with van der Waals surface area (Å²) in [6, 6.07) is 5.22. The summed E-state index contributed by atoms with van der Waals surface area (Å²) < 4.78 is 1.68. The standard InChI is InChI=1S/C14H15ClN4O/c1-3-11(19-8-4-7-16-19)9-13(20)10(2)12-5-6-14(15)18-17-12/h3-10,20H,1-2H3/b11-3+,13-9+. The van der Waals surface area contributed by atoms with Crippen LogP contribution >= 0.6 is 11.6 Å². The van der Waals surface area contributed by atoms with E-state index >= 15 is 0 Å². The van der Waals surface area contributed by atoms with Gasteiger partial charge in [0, 0.05) is 18.5 Å². The fraction of sp³-hybridized carbons (Fsp3) is 0.214. The van der Waals surface area contributed by atoms with E-state index in [0.29, 0.717) is 10.8 Å². The lowest BCUT2D eigenvalue weighted by Gasteiger charge is -2.11. The zero-order valence-electron chi connectivity index (χ0n) is 11.2.